The highest BCUT2D eigenvalue weighted by molar-refractivity contribution is 9.10. The van der Waals surface area contributed by atoms with Gasteiger partial charge in [-0.15, -0.1) is 0 Å². The monoisotopic (exact) mass is 301 g/mol. The SMILES string of the molecule is Cc1cc(Br)c(NC(=O)[C@@H](C)N)cc1[N+](=O)[O-]. The lowest BCUT2D eigenvalue weighted by atomic mass is 10.2. The van der Waals surface area contributed by atoms with Crippen LogP contribution in [-0.2, 0) is 4.79 Å². The number of nitrogens with two attached hydrogens (primary N) is 1. The maximum absolute atomic E-state index is 11.4. The first-order chi connectivity index (χ1) is 7.82. The molecule has 0 saturated carbocycles. The molecule has 17 heavy (non-hydrogen) atoms. The van der Waals surface area contributed by atoms with E-state index in [-0.39, 0.29) is 5.69 Å². The van der Waals surface area contributed by atoms with Gasteiger partial charge in [0.2, 0.25) is 5.91 Å². The van der Waals surface area contributed by atoms with Crippen molar-refractivity contribution in [1.29, 1.82) is 0 Å². The summed E-state index contributed by atoms with van der Waals surface area (Å²) in [7, 11) is 0. The molecule has 0 aliphatic heterocycles. The lowest BCUT2D eigenvalue weighted by Crippen LogP contribution is -2.32. The average Bonchev–Trinajstić information content (AvgIpc) is 2.21. The molecule has 6 nitrogen and oxygen atoms in total. The summed E-state index contributed by atoms with van der Waals surface area (Å²) in [5.41, 5.74) is 6.20. The summed E-state index contributed by atoms with van der Waals surface area (Å²) in [6.45, 7) is 3.16. The molecule has 1 rings (SSSR count). The van der Waals surface area contributed by atoms with Gasteiger partial charge in [0.1, 0.15) is 0 Å². The molecule has 92 valence electrons. The van der Waals surface area contributed by atoms with Gasteiger partial charge in [-0.3, -0.25) is 14.9 Å². The molecule has 1 aromatic carbocycles. The first kappa shape index (κ1) is 13.6. The molecule has 0 spiro atoms. The molecule has 3 N–H and O–H groups in total. The zero-order chi connectivity index (χ0) is 13.2. The minimum Gasteiger partial charge on any atom is -0.324 e. The Balaban J connectivity index is 3.12. The van der Waals surface area contributed by atoms with Crippen LogP contribution in [0.15, 0.2) is 16.6 Å². The van der Waals surface area contributed by atoms with Crippen molar-refractivity contribution in [2.45, 2.75) is 19.9 Å². The third-order valence-electron chi connectivity index (χ3n) is 2.15. The van der Waals surface area contributed by atoms with Crippen LogP contribution < -0.4 is 11.1 Å². The van der Waals surface area contributed by atoms with Crippen LogP contribution in [0.5, 0.6) is 0 Å². The van der Waals surface area contributed by atoms with Crippen molar-refractivity contribution in [2.24, 2.45) is 5.73 Å². The highest BCUT2D eigenvalue weighted by atomic mass is 79.9. The molecule has 0 bridgehead atoms. The Morgan fingerprint density at radius 1 is 1.59 bits per heavy atom. The maximum atomic E-state index is 11.4. The number of rotatable bonds is 3. The van der Waals surface area contributed by atoms with Crippen LogP contribution in [-0.4, -0.2) is 16.9 Å². The van der Waals surface area contributed by atoms with E-state index < -0.39 is 16.9 Å². The molecule has 1 atom stereocenters. The number of benzene rings is 1. The van der Waals surface area contributed by atoms with Crippen molar-refractivity contribution in [2.75, 3.05) is 5.32 Å². The van der Waals surface area contributed by atoms with Crippen molar-refractivity contribution in [3.05, 3.63) is 32.3 Å². The third-order valence-corrected chi connectivity index (χ3v) is 2.81. The van der Waals surface area contributed by atoms with E-state index in [1.165, 1.54) is 13.0 Å². The first-order valence-electron chi connectivity index (χ1n) is 4.84. The molecule has 1 aromatic rings. The lowest BCUT2D eigenvalue weighted by molar-refractivity contribution is -0.385. The number of carbonyl (C=O) groups is 1. The number of hydrogen-bond donors (Lipinski definition) is 2. The van der Waals surface area contributed by atoms with Crippen LogP contribution in [0.4, 0.5) is 11.4 Å². The summed E-state index contributed by atoms with van der Waals surface area (Å²) < 4.78 is 0.578. The highest BCUT2D eigenvalue weighted by Gasteiger charge is 2.16. The molecule has 0 saturated heterocycles. The number of nitrogens with one attached hydrogen (secondary N) is 1. The standard InChI is InChI=1S/C10H12BrN3O3/c1-5-3-7(11)8(4-9(5)14(16)17)13-10(15)6(2)12/h3-4,6H,12H2,1-2H3,(H,13,15)/t6-/m1/s1. The molecule has 0 heterocycles. The van der Waals surface area contributed by atoms with Crippen LogP contribution in [0.3, 0.4) is 0 Å². The fourth-order valence-electron chi connectivity index (χ4n) is 1.20. The van der Waals surface area contributed by atoms with Crippen LogP contribution in [0.2, 0.25) is 0 Å². The number of nitrogens with zero attached hydrogens (tertiary/aromatic N) is 1. The predicted molar refractivity (Wildman–Crippen MR) is 67.8 cm³/mol. The fourth-order valence-corrected chi connectivity index (χ4v) is 1.76. The van der Waals surface area contributed by atoms with E-state index in [2.05, 4.69) is 21.2 Å². The largest absolute Gasteiger partial charge is 0.324 e. The Morgan fingerprint density at radius 3 is 2.65 bits per heavy atom. The number of anilines is 1. The van der Waals surface area contributed by atoms with Crippen LogP contribution >= 0.6 is 15.9 Å². The molecule has 0 aliphatic carbocycles. The molecule has 0 aromatic heterocycles. The Labute approximate surface area is 106 Å². The van der Waals surface area contributed by atoms with Gasteiger partial charge in [0.15, 0.2) is 0 Å². The van der Waals surface area contributed by atoms with Crippen molar-refractivity contribution < 1.29 is 9.72 Å². The quantitative estimate of drug-likeness (QED) is 0.658. The smallest absolute Gasteiger partial charge is 0.274 e. The maximum Gasteiger partial charge on any atom is 0.274 e. The summed E-state index contributed by atoms with van der Waals surface area (Å²) in [6.07, 6.45) is 0. The second-order valence-corrected chi connectivity index (χ2v) is 4.51. The van der Waals surface area contributed by atoms with Gasteiger partial charge in [-0.2, -0.15) is 0 Å². The van der Waals surface area contributed by atoms with Crippen LogP contribution in [0, 0.1) is 17.0 Å². The van der Waals surface area contributed by atoms with Gasteiger partial charge < -0.3 is 11.1 Å². The summed E-state index contributed by atoms with van der Waals surface area (Å²) in [6, 6.07) is 2.21. The van der Waals surface area contributed by atoms with Crippen molar-refractivity contribution in [3.8, 4) is 0 Å². The molecule has 0 radical (unpaired) electrons. The Kier molecular flexibility index (Phi) is 4.19. The van der Waals surface area contributed by atoms with Crippen molar-refractivity contribution in [3.63, 3.8) is 0 Å². The van der Waals surface area contributed by atoms with Gasteiger partial charge in [0, 0.05) is 16.1 Å². The van der Waals surface area contributed by atoms with E-state index in [1.54, 1.807) is 13.0 Å². The van der Waals surface area contributed by atoms with Gasteiger partial charge >= 0.3 is 0 Å². The van der Waals surface area contributed by atoms with E-state index in [0.717, 1.165) is 0 Å². The number of aryl methyl sites for hydroxylation is 1. The Hall–Kier alpha value is -1.47. The molecule has 1 amide bonds. The number of halogens is 1. The zero-order valence-electron chi connectivity index (χ0n) is 9.36. The van der Waals surface area contributed by atoms with Gasteiger partial charge in [-0.1, -0.05) is 0 Å². The van der Waals surface area contributed by atoms with Gasteiger partial charge in [0.25, 0.3) is 5.69 Å². The predicted octanol–water partition coefficient (Wildman–Crippen LogP) is 1.95. The summed E-state index contributed by atoms with van der Waals surface area (Å²) >= 11 is 3.23. The normalized spacial score (nSPS) is 12.0. The molecule has 7 heteroatoms. The minimum absolute atomic E-state index is 0.0480. The molecular formula is C10H12BrN3O3. The second kappa shape index (κ2) is 5.24. The van der Waals surface area contributed by atoms with E-state index >= 15 is 0 Å². The third kappa shape index (κ3) is 3.24. The fraction of sp³-hybridized carbons (Fsp3) is 0.300. The van der Waals surface area contributed by atoms with E-state index in [4.69, 9.17) is 5.73 Å². The van der Waals surface area contributed by atoms with Gasteiger partial charge in [-0.05, 0) is 35.8 Å². The lowest BCUT2D eigenvalue weighted by Gasteiger charge is -2.10. The minimum atomic E-state index is -0.678. The Bertz CT molecular complexity index is 474. The number of amides is 1. The number of nitro groups is 1. The summed E-state index contributed by atoms with van der Waals surface area (Å²) in [5, 5.41) is 13.3. The average molecular weight is 302 g/mol. The van der Waals surface area contributed by atoms with Crippen LogP contribution in [0.1, 0.15) is 12.5 Å². The Morgan fingerprint density at radius 2 is 2.18 bits per heavy atom. The molecule has 0 unspecified atom stereocenters. The highest BCUT2D eigenvalue weighted by Crippen LogP contribution is 2.30. The topological polar surface area (TPSA) is 98.3 Å². The van der Waals surface area contributed by atoms with E-state index in [0.29, 0.717) is 15.7 Å². The summed E-state index contributed by atoms with van der Waals surface area (Å²) in [5.74, 6) is -0.399. The van der Waals surface area contributed by atoms with Crippen LogP contribution in [0.25, 0.3) is 0 Å². The molecule has 0 aliphatic rings. The summed E-state index contributed by atoms with van der Waals surface area (Å²) in [4.78, 5) is 21.7. The van der Waals surface area contributed by atoms with Gasteiger partial charge in [-0.25, -0.2) is 0 Å². The molecular weight excluding hydrogens is 290 g/mol. The second-order valence-electron chi connectivity index (χ2n) is 3.65. The number of nitro benzene ring substituents is 1. The van der Waals surface area contributed by atoms with Gasteiger partial charge in [0.05, 0.1) is 16.7 Å². The van der Waals surface area contributed by atoms with Crippen molar-refractivity contribution >= 4 is 33.2 Å². The zero-order valence-corrected chi connectivity index (χ0v) is 10.9. The van der Waals surface area contributed by atoms with E-state index in [1.807, 2.05) is 0 Å². The molecule has 0 fully saturated rings. The first-order valence-corrected chi connectivity index (χ1v) is 5.63. The van der Waals surface area contributed by atoms with E-state index in [9.17, 15) is 14.9 Å². The number of carbonyl (C=O) groups excluding carboxylic acids is 1. The number of hydrogen-bond acceptors (Lipinski definition) is 4. The van der Waals surface area contributed by atoms with Crippen molar-refractivity contribution in [1.82, 2.24) is 0 Å².